The van der Waals surface area contributed by atoms with Crippen molar-refractivity contribution < 1.29 is 4.74 Å². The molecule has 0 fully saturated rings. The van der Waals surface area contributed by atoms with Crippen LogP contribution in [0.25, 0.3) is 0 Å². The summed E-state index contributed by atoms with van der Waals surface area (Å²) in [4.78, 5) is 0. The molecule has 0 spiro atoms. The van der Waals surface area contributed by atoms with Gasteiger partial charge in [-0.2, -0.15) is 11.8 Å². The van der Waals surface area contributed by atoms with Crippen molar-refractivity contribution in [3.63, 3.8) is 0 Å². The number of hydrogen-bond donors (Lipinski definition) is 0. The van der Waals surface area contributed by atoms with Crippen LogP contribution in [0, 0.1) is 0 Å². The van der Waals surface area contributed by atoms with E-state index in [9.17, 15) is 0 Å². The Morgan fingerprint density at radius 2 is 1.10 bits per heavy atom. The minimum absolute atomic E-state index is 0.947. The average molecular weight is 303 g/mol. The van der Waals surface area contributed by atoms with Crippen molar-refractivity contribution in [2.24, 2.45) is 0 Å². The van der Waals surface area contributed by atoms with Crippen LogP contribution in [0.5, 0.6) is 0 Å². The van der Waals surface area contributed by atoms with Crippen LogP contribution in [-0.2, 0) is 4.74 Å². The van der Waals surface area contributed by atoms with E-state index in [4.69, 9.17) is 4.74 Å². The van der Waals surface area contributed by atoms with Crippen LogP contribution in [0.4, 0.5) is 0 Å². The van der Waals surface area contributed by atoms with Crippen LogP contribution >= 0.6 is 11.8 Å². The lowest BCUT2D eigenvalue weighted by Gasteiger charge is -2.04. The number of thioether (sulfide) groups is 1. The van der Waals surface area contributed by atoms with Gasteiger partial charge in [0.05, 0.1) is 6.61 Å². The van der Waals surface area contributed by atoms with E-state index in [1.54, 1.807) is 0 Å². The summed E-state index contributed by atoms with van der Waals surface area (Å²) in [5.41, 5.74) is 0. The molecule has 0 radical (unpaired) electrons. The van der Waals surface area contributed by atoms with Gasteiger partial charge in [-0.3, -0.25) is 0 Å². The third-order valence-electron chi connectivity index (χ3n) is 3.66. The first-order valence-corrected chi connectivity index (χ1v) is 10.2. The van der Waals surface area contributed by atoms with Gasteiger partial charge >= 0.3 is 0 Å². The zero-order valence-corrected chi connectivity index (χ0v) is 14.9. The fourth-order valence-corrected chi connectivity index (χ4v) is 3.11. The first-order valence-electron chi connectivity index (χ1n) is 9.07. The molecule has 0 unspecified atom stereocenters. The summed E-state index contributed by atoms with van der Waals surface area (Å²) >= 11 is 2.06. The second-order valence-electron chi connectivity index (χ2n) is 5.76. The van der Waals surface area contributed by atoms with Gasteiger partial charge in [-0.05, 0) is 18.6 Å². The summed E-state index contributed by atoms with van der Waals surface area (Å²) in [5.74, 6) is 2.51. The molecule has 0 heterocycles. The smallest absolute Gasteiger partial charge is 0.0556 e. The molecule has 0 atom stereocenters. The maximum atomic E-state index is 5.55. The fraction of sp³-hybridized carbons (Fsp3) is 1.00. The Balaban J connectivity index is 2.89. The quantitative estimate of drug-likeness (QED) is 0.285. The average Bonchev–Trinajstić information content (AvgIpc) is 2.47. The molecule has 1 nitrogen and oxygen atoms in total. The van der Waals surface area contributed by atoms with Crippen molar-refractivity contribution in [1.82, 2.24) is 0 Å². The summed E-state index contributed by atoms with van der Waals surface area (Å²) in [5, 5.41) is 0. The lowest BCUT2D eigenvalue weighted by Crippen LogP contribution is -1.99. The van der Waals surface area contributed by atoms with Crippen molar-refractivity contribution in [3.8, 4) is 0 Å². The number of rotatable bonds is 17. The number of ether oxygens (including phenoxy) is 1. The van der Waals surface area contributed by atoms with Crippen molar-refractivity contribution in [3.05, 3.63) is 0 Å². The maximum absolute atomic E-state index is 5.55. The van der Waals surface area contributed by atoms with Crippen LogP contribution in [0.1, 0.15) is 90.9 Å². The molecule has 0 aromatic carbocycles. The molecule has 0 aliphatic carbocycles. The molecular weight excluding hydrogens is 264 g/mol. The third kappa shape index (κ3) is 18.3. The lowest BCUT2D eigenvalue weighted by molar-refractivity contribution is 0.147. The zero-order chi connectivity index (χ0) is 14.7. The van der Waals surface area contributed by atoms with E-state index in [2.05, 4.69) is 25.6 Å². The SMILES string of the molecule is CCCCCCCCCCCCSCCOCCCC. The summed E-state index contributed by atoms with van der Waals surface area (Å²) in [6, 6.07) is 0. The molecule has 0 saturated carbocycles. The monoisotopic (exact) mass is 302 g/mol. The summed E-state index contributed by atoms with van der Waals surface area (Å²) in [6.07, 6.45) is 16.8. The Morgan fingerprint density at radius 3 is 1.70 bits per heavy atom. The maximum Gasteiger partial charge on any atom is 0.0556 e. The molecule has 0 aromatic heterocycles. The second kappa shape index (κ2) is 19.3. The van der Waals surface area contributed by atoms with Gasteiger partial charge in [-0.15, -0.1) is 0 Å². The van der Waals surface area contributed by atoms with Crippen molar-refractivity contribution in [2.75, 3.05) is 24.7 Å². The molecule has 0 aliphatic rings. The van der Waals surface area contributed by atoms with Crippen LogP contribution in [0.3, 0.4) is 0 Å². The van der Waals surface area contributed by atoms with Crippen LogP contribution in [-0.4, -0.2) is 24.7 Å². The molecule has 0 bridgehead atoms. The summed E-state index contributed by atoms with van der Waals surface area (Å²) in [7, 11) is 0. The van der Waals surface area contributed by atoms with E-state index in [-0.39, 0.29) is 0 Å². The van der Waals surface area contributed by atoms with Gasteiger partial charge in [0.2, 0.25) is 0 Å². The Hall–Kier alpha value is 0.310. The predicted molar refractivity (Wildman–Crippen MR) is 94.9 cm³/mol. The van der Waals surface area contributed by atoms with E-state index >= 15 is 0 Å². The van der Waals surface area contributed by atoms with Gasteiger partial charge in [-0.1, -0.05) is 78.1 Å². The number of unbranched alkanes of at least 4 members (excludes halogenated alkanes) is 10. The molecule has 0 saturated heterocycles. The van der Waals surface area contributed by atoms with Gasteiger partial charge in [0, 0.05) is 12.4 Å². The minimum Gasteiger partial charge on any atom is -0.381 e. The van der Waals surface area contributed by atoms with Gasteiger partial charge in [-0.25, -0.2) is 0 Å². The lowest BCUT2D eigenvalue weighted by atomic mass is 10.1. The highest BCUT2D eigenvalue weighted by atomic mass is 32.2. The largest absolute Gasteiger partial charge is 0.381 e. The van der Waals surface area contributed by atoms with E-state index in [1.165, 1.54) is 88.6 Å². The topological polar surface area (TPSA) is 9.23 Å². The molecule has 0 aliphatic heterocycles. The van der Waals surface area contributed by atoms with E-state index in [0.29, 0.717) is 0 Å². The summed E-state index contributed by atoms with van der Waals surface area (Å²) < 4.78 is 5.55. The van der Waals surface area contributed by atoms with E-state index in [0.717, 1.165) is 13.2 Å². The van der Waals surface area contributed by atoms with E-state index in [1.807, 2.05) is 0 Å². The molecular formula is C18H38OS. The highest BCUT2D eigenvalue weighted by Gasteiger charge is 1.94. The first-order chi connectivity index (χ1) is 9.91. The fourth-order valence-electron chi connectivity index (χ4n) is 2.26. The van der Waals surface area contributed by atoms with Crippen LogP contribution < -0.4 is 0 Å². The minimum atomic E-state index is 0.947. The van der Waals surface area contributed by atoms with Crippen LogP contribution in [0.15, 0.2) is 0 Å². The zero-order valence-electron chi connectivity index (χ0n) is 14.1. The molecule has 2 heteroatoms. The van der Waals surface area contributed by atoms with Crippen molar-refractivity contribution >= 4 is 11.8 Å². The molecule has 122 valence electrons. The Kier molecular flexibility index (Phi) is 19.6. The van der Waals surface area contributed by atoms with Gasteiger partial charge in [0.25, 0.3) is 0 Å². The van der Waals surface area contributed by atoms with Crippen molar-refractivity contribution in [2.45, 2.75) is 90.9 Å². The number of hydrogen-bond acceptors (Lipinski definition) is 2. The van der Waals surface area contributed by atoms with Crippen molar-refractivity contribution in [1.29, 1.82) is 0 Å². The standard InChI is InChI=1S/C18H38OS/c1-3-5-7-8-9-10-11-12-13-14-17-20-18-16-19-15-6-4-2/h3-18H2,1-2H3. The normalized spacial score (nSPS) is 11.1. The van der Waals surface area contributed by atoms with Gasteiger partial charge in [0.15, 0.2) is 0 Å². The Labute approximate surface area is 132 Å². The molecule has 0 N–H and O–H groups in total. The molecule has 0 rings (SSSR count). The van der Waals surface area contributed by atoms with E-state index < -0.39 is 0 Å². The highest BCUT2D eigenvalue weighted by Crippen LogP contribution is 2.12. The first kappa shape index (κ1) is 20.3. The van der Waals surface area contributed by atoms with Gasteiger partial charge < -0.3 is 4.74 Å². The van der Waals surface area contributed by atoms with Gasteiger partial charge in [0.1, 0.15) is 0 Å². The second-order valence-corrected chi connectivity index (χ2v) is 6.99. The molecule has 20 heavy (non-hydrogen) atoms. The van der Waals surface area contributed by atoms with Crippen LogP contribution in [0.2, 0.25) is 0 Å². The predicted octanol–water partition coefficient (Wildman–Crippen LogP) is 6.46. The Bertz CT molecular complexity index is 143. The Morgan fingerprint density at radius 1 is 0.550 bits per heavy atom. The summed E-state index contributed by atoms with van der Waals surface area (Å²) in [6.45, 7) is 6.40. The third-order valence-corrected chi connectivity index (χ3v) is 4.69. The molecule has 0 aromatic rings. The molecule has 0 amide bonds. The highest BCUT2D eigenvalue weighted by molar-refractivity contribution is 7.99.